The summed E-state index contributed by atoms with van der Waals surface area (Å²) in [6.07, 6.45) is 3.61. The van der Waals surface area contributed by atoms with Crippen molar-refractivity contribution < 1.29 is 4.42 Å². The third-order valence-electron chi connectivity index (χ3n) is 8.72. The molecule has 0 bridgehead atoms. The first kappa shape index (κ1) is 24.6. The summed E-state index contributed by atoms with van der Waals surface area (Å²) in [4.78, 5) is 6.64. The van der Waals surface area contributed by atoms with Gasteiger partial charge < -0.3 is 9.32 Å². The molecule has 0 aliphatic rings. The van der Waals surface area contributed by atoms with Crippen LogP contribution in [0, 0.1) is 0 Å². The van der Waals surface area contributed by atoms with Crippen molar-refractivity contribution in [2.75, 3.05) is 4.90 Å². The molecule has 0 aliphatic carbocycles. The normalized spacial score (nSPS) is 11.6. The number of pyridine rings is 1. The van der Waals surface area contributed by atoms with Crippen molar-refractivity contribution >= 4 is 71.3 Å². The van der Waals surface area contributed by atoms with Crippen LogP contribution in [0.4, 0.5) is 17.1 Å². The van der Waals surface area contributed by atoms with Gasteiger partial charge in [0.25, 0.3) is 0 Å². The van der Waals surface area contributed by atoms with Gasteiger partial charge in [-0.05, 0) is 74.5 Å². The molecule has 3 heteroatoms. The molecular formula is C41H26N2O. The highest BCUT2D eigenvalue weighted by Crippen LogP contribution is 2.45. The first-order chi connectivity index (χ1) is 21.8. The van der Waals surface area contributed by atoms with E-state index in [2.05, 4.69) is 149 Å². The summed E-state index contributed by atoms with van der Waals surface area (Å²) in [5.74, 6) is 0. The Bertz CT molecular complexity index is 2480. The molecule has 7 aromatic carbocycles. The van der Waals surface area contributed by atoms with Gasteiger partial charge in [-0.25, -0.2) is 0 Å². The number of aromatic nitrogens is 1. The zero-order valence-electron chi connectivity index (χ0n) is 23.8. The molecular weight excluding hydrogens is 536 g/mol. The van der Waals surface area contributed by atoms with E-state index in [1.54, 1.807) is 6.20 Å². The van der Waals surface area contributed by atoms with E-state index in [4.69, 9.17) is 4.42 Å². The van der Waals surface area contributed by atoms with Crippen molar-refractivity contribution in [2.24, 2.45) is 0 Å². The molecule has 9 rings (SSSR count). The Labute approximate surface area is 254 Å². The molecule has 2 aromatic heterocycles. The molecule has 206 valence electrons. The predicted octanol–water partition coefficient (Wildman–Crippen LogP) is 11.6. The zero-order valence-corrected chi connectivity index (χ0v) is 23.8. The first-order valence-electron chi connectivity index (χ1n) is 14.9. The fourth-order valence-electron chi connectivity index (χ4n) is 6.66. The molecule has 0 saturated heterocycles. The molecule has 9 aromatic rings. The van der Waals surface area contributed by atoms with E-state index in [0.29, 0.717) is 0 Å². The van der Waals surface area contributed by atoms with Crippen molar-refractivity contribution in [3.05, 3.63) is 158 Å². The highest BCUT2D eigenvalue weighted by Gasteiger charge is 2.20. The van der Waals surface area contributed by atoms with Gasteiger partial charge in [-0.15, -0.1) is 0 Å². The van der Waals surface area contributed by atoms with Crippen LogP contribution in [-0.2, 0) is 0 Å². The molecule has 0 N–H and O–H groups in total. The van der Waals surface area contributed by atoms with Crippen LogP contribution in [0.25, 0.3) is 65.4 Å². The fourth-order valence-corrected chi connectivity index (χ4v) is 6.66. The van der Waals surface area contributed by atoms with Gasteiger partial charge in [0.15, 0.2) is 5.58 Å². The monoisotopic (exact) mass is 562 g/mol. The zero-order chi connectivity index (χ0) is 29.0. The maximum Gasteiger partial charge on any atom is 0.153 e. The van der Waals surface area contributed by atoms with Crippen molar-refractivity contribution in [2.45, 2.75) is 0 Å². The number of anilines is 3. The fraction of sp³-hybridized carbons (Fsp3) is 0. The lowest BCUT2D eigenvalue weighted by atomic mass is 9.94. The van der Waals surface area contributed by atoms with Crippen molar-refractivity contribution in [1.29, 1.82) is 0 Å². The van der Waals surface area contributed by atoms with Crippen LogP contribution < -0.4 is 4.90 Å². The minimum atomic E-state index is 0.793. The van der Waals surface area contributed by atoms with Gasteiger partial charge in [0.05, 0.1) is 11.9 Å². The molecule has 0 saturated carbocycles. The van der Waals surface area contributed by atoms with Crippen LogP contribution in [0.3, 0.4) is 0 Å². The van der Waals surface area contributed by atoms with Gasteiger partial charge in [-0.2, -0.15) is 0 Å². The van der Waals surface area contributed by atoms with Gasteiger partial charge in [0.1, 0.15) is 5.58 Å². The summed E-state index contributed by atoms with van der Waals surface area (Å²) in [6.45, 7) is 0. The molecule has 3 nitrogen and oxygen atoms in total. The van der Waals surface area contributed by atoms with Crippen molar-refractivity contribution in [3.63, 3.8) is 0 Å². The predicted molar refractivity (Wildman–Crippen MR) is 184 cm³/mol. The Morgan fingerprint density at radius 2 is 1.11 bits per heavy atom. The molecule has 0 spiro atoms. The van der Waals surface area contributed by atoms with E-state index in [9.17, 15) is 0 Å². The summed E-state index contributed by atoms with van der Waals surface area (Å²) in [5, 5.41) is 9.56. The summed E-state index contributed by atoms with van der Waals surface area (Å²) in [6, 6.07) is 52.1. The molecule has 44 heavy (non-hydrogen) atoms. The van der Waals surface area contributed by atoms with Crippen LogP contribution >= 0.6 is 0 Å². The largest absolute Gasteiger partial charge is 0.454 e. The van der Waals surface area contributed by atoms with Gasteiger partial charge in [-0.3, -0.25) is 4.98 Å². The maximum atomic E-state index is 6.32. The van der Waals surface area contributed by atoms with Crippen molar-refractivity contribution in [1.82, 2.24) is 4.98 Å². The van der Waals surface area contributed by atoms with E-state index in [1.807, 2.05) is 12.3 Å². The summed E-state index contributed by atoms with van der Waals surface area (Å²) in [5.41, 5.74) is 7.24. The topological polar surface area (TPSA) is 29.3 Å². The Morgan fingerprint density at radius 3 is 1.95 bits per heavy atom. The van der Waals surface area contributed by atoms with Crippen LogP contribution in [0.15, 0.2) is 162 Å². The highest BCUT2D eigenvalue weighted by molar-refractivity contribution is 6.24. The number of fused-ring (bicyclic) bond motifs is 8. The van der Waals surface area contributed by atoms with Gasteiger partial charge in [-0.1, -0.05) is 103 Å². The molecule has 0 fully saturated rings. The third kappa shape index (κ3) is 3.87. The van der Waals surface area contributed by atoms with Gasteiger partial charge in [0.2, 0.25) is 0 Å². The van der Waals surface area contributed by atoms with Crippen LogP contribution in [0.2, 0.25) is 0 Å². The van der Waals surface area contributed by atoms with Crippen LogP contribution in [0.5, 0.6) is 0 Å². The quantitative estimate of drug-likeness (QED) is 0.200. The number of nitrogens with zero attached hydrogens (tertiary/aromatic N) is 2. The van der Waals surface area contributed by atoms with E-state index in [1.165, 1.54) is 43.4 Å². The molecule has 0 atom stereocenters. The van der Waals surface area contributed by atoms with E-state index < -0.39 is 0 Å². The van der Waals surface area contributed by atoms with E-state index >= 15 is 0 Å². The number of benzene rings is 7. The summed E-state index contributed by atoms with van der Waals surface area (Å²) < 4.78 is 6.32. The number of rotatable bonds is 4. The first-order valence-corrected chi connectivity index (χ1v) is 14.9. The maximum absolute atomic E-state index is 6.32. The molecule has 0 unspecified atom stereocenters. The SMILES string of the molecule is c1ccc(-c2ccc(N(c3ccc4c(c3)oc3cnccc34)c3cc4ccccc4c4c3ccc3ccccc34)cc2)cc1. The standard InChI is InChI=1S/C41H26N2O/c1-2-8-27(9-3-1)28-14-17-31(18-15-28)43(32-19-21-35-36-22-23-42-26-40(36)44-39(35)25-32)38-24-30-11-5-7-13-34(30)41-33-12-6-4-10-29(33)16-20-37(38)41/h1-26H. The minimum Gasteiger partial charge on any atom is -0.454 e. The second kappa shape index (κ2) is 9.82. The molecule has 0 amide bonds. The number of hydrogen-bond acceptors (Lipinski definition) is 3. The van der Waals surface area contributed by atoms with Crippen molar-refractivity contribution in [3.8, 4) is 11.1 Å². The van der Waals surface area contributed by atoms with E-state index in [-0.39, 0.29) is 0 Å². The summed E-state index contributed by atoms with van der Waals surface area (Å²) in [7, 11) is 0. The Balaban J connectivity index is 1.34. The second-order valence-corrected chi connectivity index (χ2v) is 11.2. The second-order valence-electron chi connectivity index (χ2n) is 11.2. The summed E-state index contributed by atoms with van der Waals surface area (Å²) >= 11 is 0. The van der Waals surface area contributed by atoms with E-state index in [0.717, 1.165) is 39.0 Å². The number of hydrogen-bond donors (Lipinski definition) is 0. The molecule has 2 heterocycles. The Kier molecular flexibility index (Phi) is 5.50. The minimum absolute atomic E-state index is 0.793. The number of furan rings is 1. The lowest BCUT2D eigenvalue weighted by Crippen LogP contribution is -2.10. The Hall–Kier alpha value is -5.93. The third-order valence-corrected chi connectivity index (χ3v) is 8.72. The van der Waals surface area contributed by atoms with Crippen LogP contribution in [-0.4, -0.2) is 4.98 Å². The smallest absolute Gasteiger partial charge is 0.153 e. The van der Waals surface area contributed by atoms with Crippen LogP contribution in [0.1, 0.15) is 0 Å². The highest BCUT2D eigenvalue weighted by atomic mass is 16.3. The molecule has 0 radical (unpaired) electrons. The average Bonchev–Trinajstić information content (AvgIpc) is 3.47. The molecule has 0 aliphatic heterocycles. The van der Waals surface area contributed by atoms with Gasteiger partial charge in [0, 0.05) is 39.8 Å². The lowest BCUT2D eigenvalue weighted by molar-refractivity contribution is 0.667. The average molecular weight is 563 g/mol. The Morgan fingerprint density at radius 1 is 0.455 bits per heavy atom. The lowest BCUT2D eigenvalue weighted by Gasteiger charge is -2.28. The van der Waals surface area contributed by atoms with Gasteiger partial charge >= 0.3 is 0 Å².